The molecule has 1 saturated carbocycles. The van der Waals surface area contributed by atoms with E-state index in [9.17, 15) is 9.59 Å². The first-order valence-corrected chi connectivity index (χ1v) is 6.11. The quantitative estimate of drug-likeness (QED) is 0.661. The van der Waals surface area contributed by atoms with E-state index in [1.165, 1.54) is 0 Å². The summed E-state index contributed by atoms with van der Waals surface area (Å²) in [7, 11) is 0. The van der Waals surface area contributed by atoms with Gasteiger partial charge in [0.2, 0.25) is 11.8 Å². The predicted molar refractivity (Wildman–Crippen MR) is 66.3 cm³/mol. The Hall–Kier alpha value is -1.10. The van der Waals surface area contributed by atoms with Gasteiger partial charge >= 0.3 is 0 Å². The van der Waals surface area contributed by atoms with Crippen molar-refractivity contribution in [1.29, 1.82) is 0 Å². The molecule has 2 amide bonds. The van der Waals surface area contributed by atoms with Crippen LogP contribution in [0, 0.1) is 0 Å². The van der Waals surface area contributed by atoms with E-state index in [-0.39, 0.29) is 17.4 Å². The molecule has 1 fully saturated rings. The van der Waals surface area contributed by atoms with Crippen molar-refractivity contribution in [3.8, 4) is 0 Å². The monoisotopic (exact) mass is 241 g/mol. The number of nitrogens with one attached hydrogen (secondary N) is 2. The van der Waals surface area contributed by atoms with Crippen LogP contribution in [0.3, 0.4) is 0 Å². The van der Waals surface area contributed by atoms with Gasteiger partial charge in [0.25, 0.3) is 0 Å². The highest BCUT2D eigenvalue weighted by molar-refractivity contribution is 5.87. The molecule has 5 nitrogen and oxygen atoms in total. The van der Waals surface area contributed by atoms with Crippen LogP contribution in [0.25, 0.3) is 0 Å². The van der Waals surface area contributed by atoms with E-state index in [0.717, 1.165) is 19.3 Å². The zero-order chi connectivity index (χ0) is 13.1. The molecule has 1 aliphatic carbocycles. The summed E-state index contributed by atoms with van der Waals surface area (Å²) in [6.45, 7) is 6.12. The molecule has 1 rings (SSSR count). The SMILES string of the molecule is CC(C)(C)NC(=O)CCNC(=O)C1(N)CCC1. The van der Waals surface area contributed by atoms with Gasteiger partial charge in [-0.25, -0.2) is 0 Å². The van der Waals surface area contributed by atoms with Gasteiger partial charge < -0.3 is 16.4 Å². The van der Waals surface area contributed by atoms with Crippen LogP contribution in [-0.2, 0) is 9.59 Å². The average molecular weight is 241 g/mol. The molecule has 0 spiro atoms. The van der Waals surface area contributed by atoms with Gasteiger partial charge in [0.05, 0.1) is 5.54 Å². The number of carbonyl (C=O) groups excluding carboxylic acids is 2. The molecule has 0 saturated heterocycles. The molecule has 0 atom stereocenters. The molecule has 17 heavy (non-hydrogen) atoms. The second-order valence-electron chi connectivity index (χ2n) is 5.81. The lowest BCUT2D eigenvalue weighted by Gasteiger charge is -2.36. The van der Waals surface area contributed by atoms with Gasteiger partial charge in [-0.3, -0.25) is 9.59 Å². The molecule has 0 unspecified atom stereocenters. The van der Waals surface area contributed by atoms with Crippen LogP contribution >= 0.6 is 0 Å². The second kappa shape index (κ2) is 5.04. The van der Waals surface area contributed by atoms with Crippen LogP contribution in [0.4, 0.5) is 0 Å². The van der Waals surface area contributed by atoms with E-state index < -0.39 is 5.54 Å². The van der Waals surface area contributed by atoms with Gasteiger partial charge in [0.15, 0.2) is 0 Å². The van der Waals surface area contributed by atoms with Crippen LogP contribution in [-0.4, -0.2) is 29.4 Å². The van der Waals surface area contributed by atoms with Gasteiger partial charge in [0.1, 0.15) is 0 Å². The lowest BCUT2D eigenvalue weighted by Crippen LogP contribution is -2.58. The van der Waals surface area contributed by atoms with Crippen molar-refractivity contribution in [2.24, 2.45) is 5.73 Å². The third-order valence-electron chi connectivity index (χ3n) is 2.85. The molecule has 0 aromatic rings. The fourth-order valence-electron chi connectivity index (χ4n) is 1.73. The lowest BCUT2D eigenvalue weighted by atomic mass is 9.77. The van der Waals surface area contributed by atoms with E-state index in [1.807, 2.05) is 20.8 Å². The highest BCUT2D eigenvalue weighted by Crippen LogP contribution is 2.28. The summed E-state index contributed by atoms with van der Waals surface area (Å²) in [5.41, 5.74) is 4.94. The molecule has 1 aliphatic rings. The van der Waals surface area contributed by atoms with Crippen molar-refractivity contribution >= 4 is 11.8 Å². The minimum Gasteiger partial charge on any atom is -0.354 e. The molecule has 4 N–H and O–H groups in total. The standard InChI is InChI=1S/C12H23N3O2/c1-11(2,3)15-9(16)5-8-14-10(17)12(13)6-4-7-12/h4-8,13H2,1-3H3,(H,14,17)(H,15,16). The maximum atomic E-state index is 11.6. The molecule has 98 valence electrons. The fraction of sp³-hybridized carbons (Fsp3) is 0.833. The highest BCUT2D eigenvalue weighted by Gasteiger charge is 2.39. The molecule has 0 heterocycles. The van der Waals surface area contributed by atoms with Crippen molar-refractivity contribution in [2.75, 3.05) is 6.54 Å². The highest BCUT2D eigenvalue weighted by atomic mass is 16.2. The first-order valence-electron chi connectivity index (χ1n) is 6.11. The van der Waals surface area contributed by atoms with Gasteiger partial charge in [-0.1, -0.05) is 0 Å². The van der Waals surface area contributed by atoms with Crippen molar-refractivity contribution in [3.05, 3.63) is 0 Å². The molecule has 0 aromatic carbocycles. The predicted octanol–water partition coefficient (Wildman–Crippen LogP) is 0.289. The van der Waals surface area contributed by atoms with Crippen molar-refractivity contribution in [3.63, 3.8) is 0 Å². The molecule has 0 aromatic heterocycles. The first-order chi connectivity index (χ1) is 7.73. The number of hydrogen-bond donors (Lipinski definition) is 3. The average Bonchev–Trinajstić information content (AvgIpc) is 2.10. The van der Waals surface area contributed by atoms with Gasteiger partial charge in [0, 0.05) is 18.5 Å². The Morgan fingerprint density at radius 3 is 2.29 bits per heavy atom. The number of nitrogens with two attached hydrogens (primary N) is 1. The summed E-state index contributed by atoms with van der Waals surface area (Å²) in [4.78, 5) is 23.1. The Labute approximate surface area is 103 Å². The Morgan fingerprint density at radius 1 is 1.29 bits per heavy atom. The molecular weight excluding hydrogens is 218 g/mol. The summed E-state index contributed by atoms with van der Waals surface area (Å²) in [6.07, 6.45) is 2.79. The van der Waals surface area contributed by atoms with E-state index in [1.54, 1.807) is 0 Å². The number of amides is 2. The van der Waals surface area contributed by atoms with Crippen LogP contribution in [0.2, 0.25) is 0 Å². The Balaban J connectivity index is 2.19. The van der Waals surface area contributed by atoms with E-state index in [4.69, 9.17) is 5.73 Å². The van der Waals surface area contributed by atoms with Crippen LogP contribution in [0.5, 0.6) is 0 Å². The van der Waals surface area contributed by atoms with Crippen LogP contribution < -0.4 is 16.4 Å². The van der Waals surface area contributed by atoms with Gasteiger partial charge in [-0.15, -0.1) is 0 Å². The van der Waals surface area contributed by atoms with Gasteiger partial charge in [-0.2, -0.15) is 0 Å². The summed E-state index contributed by atoms with van der Waals surface area (Å²) in [6, 6.07) is 0. The normalized spacial score (nSPS) is 18.1. The molecule has 0 aliphatic heterocycles. The third kappa shape index (κ3) is 4.34. The molecular formula is C12H23N3O2. The van der Waals surface area contributed by atoms with E-state index in [0.29, 0.717) is 13.0 Å². The Bertz CT molecular complexity index is 303. The van der Waals surface area contributed by atoms with Gasteiger partial charge in [-0.05, 0) is 40.0 Å². The third-order valence-corrected chi connectivity index (χ3v) is 2.85. The summed E-state index contributed by atoms with van der Waals surface area (Å²) in [5, 5.41) is 5.56. The zero-order valence-electron chi connectivity index (χ0n) is 10.9. The maximum Gasteiger partial charge on any atom is 0.240 e. The lowest BCUT2D eigenvalue weighted by molar-refractivity contribution is -0.129. The first kappa shape index (κ1) is 14.0. The van der Waals surface area contributed by atoms with Crippen LogP contribution in [0.1, 0.15) is 46.5 Å². The second-order valence-corrected chi connectivity index (χ2v) is 5.81. The topological polar surface area (TPSA) is 84.2 Å². The molecule has 0 radical (unpaired) electrons. The smallest absolute Gasteiger partial charge is 0.240 e. The fourth-order valence-corrected chi connectivity index (χ4v) is 1.73. The van der Waals surface area contributed by atoms with Crippen molar-refractivity contribution < 1.29 is 9.59 Å². The maximum absolute atomic E-state index is 11.6. The zero-order valence-corrected chi connectivity index (χ0v) is 10.9. The molecule has 5 heteroatoms. The number of carbonyl (C=O) groups is 2. The number of hydrogen-bond acceptors (Lipinski definition) is 3. The largest absolute Gasteiger partial charge is 0.354 e. The van der Waals surface area contributed by atoms with Crippen molar-refractivity contribution in [1.82, 2.24) is 10.6 Å². The van der Waals surface area contributed by atoms with E-state index >= 15 is 0 Å². The van der Waals surface area contributed by atoms with E-state index in [2.05, 4.69) is 10.6 Å². The summed E-state index contributed by atoms with van der Waals surface area (Å²) >= 11 is 0. The van der Waals surface area contributed by atoms with Crippen LogP contribution in [0.15, 0.2) is 0 Å². The Morgan fingerprint density at radius 2 is 1.88 bits per heavy atom. The number of rotatable bonds is 4. The minimum absolute atomic E-state index is 0.0579. The summed E-state index contributed by atoms with van der Waals surface area (Å²) < 4.78 is 0. The minimum atomic E-state index is -0.680. The molecule has 0 bridgehead atoms. The summed E-state index contributed by atoms with van der Waals surface area (Å²) in [5.74, 6) is -0.190. The Kier molecular flexibility index (Phi) is 4.14. The van der Waals surface area contributed by atoms with Crippen molar-refractivity contribution in [2.45, 2.75) is 57.5 Å².